The molecule has 2 aromatic rings. The molecule has 2 heterocycles. The molecule has 0 aliphatic carbocycles. The number of hydrogen-bond donors (Lipinski definition) is 1. The molecule has 3 rings (SSSR count). The highest BCUT2D eigenvalue weighted by Crippen LogP contribution is 2.36. The van der Waals surface area contributed by atoms with Gasteiger partial charge in [-0.2, -0.15) is 5.10 Å². The molecule has 0 spiro atoms. The lowest BCUT2D eigenvalue weighted by molar-refractivity contribution is 0.311. The molecule has 1 saturated heterocycles. The number of aromatic nitrogens is 2. The maximum atomic E-state index is 6.40. The largest absolute Gasteiger partial charge is 0.493 e. The van der Waals surface area contributed by atoms with Crippen molar-refractivity contribution in [3.8, 4) is 11.5 Å². The number of aryl methyl sites for hydroxylation is 1. The molecule has 7 nitrogen and oxygen atoms in total. The summed E-state index contributed by atoms with van der Waals surface area (Å²) < 4.78 is 12.9. The average Bonchev–Trinajstić information content (AvgIpc) is 3.36. The van der Waals surface area contributed by atoms with Crippen LogP contribution < -0.4 is 14.8 Å². The van der Waals surface area contributed by atoms with Gasteiger partial charge in [-0.3, -0.25) is 4.68 Å². The molecule has 0 bridgehead atoms. The minimum Gasteiger partial charge on any atom is -0.493 e. The highest BCUT2D eigenvalue weighted by molar-refractivity contribution is 14.0. The maximum absolute atomic E-state index is 6.40. The number of aliphatic imine (C=N–C) groups is 1. The van der Waals surface area contributed by atoms with Crippen molar-refractivity contribution in [1.29, 1.82) is 0 Å². The average molecular weight is 548 g/mol. The van der Waals surface area contributed by atoms with E-state index >= 15 is 0 Å². The monoisotopic (exact) mass is 547 g/mol. The summed E-state index contributed by atoms with van der Waals surface area (Å²) in [5, 5.41) is 8.26. The molecular weight excluding hydrogens is 517 g/mol. The zero-order valence-corrected chi connectivity index (χ0v) is 21.1. The van der Waals surface area contributed by atoms with E-state index in [1.807, 2.05) is 37.0 Å². The normalized spacial score (nSPS) is 16.4. The number of benzene rings is 1. The fourth-order valence-corrected chi connectivity index (χ4v) is 3.90. The minimum absolute atomic E-state index is 0. The van der Waals surface area contributed by atoms with Crippen molar-refractivity contribution in [2.75, 3.05) is 33.4 Å². The number of nitrogens with zero attached hydrogens (tertiary/aromatic N) is 4. The first-order valence-corrected chi connectivity index (χ1v) is 10.4. The van der Waals surface area contributed by atoms with Crippen molar-refractivity contribution in [2.24, 2.45) is 12.0 Å². The van der Waals surface area contributed by atoms with Crippen LogP contribution in [0.1, 0.15) is 37.3 Å². The van der Waals surface area contributed by atoms with E-state index in [0.29, 0.717) is 35.6 Å². The Morgan fingerprint density at radius 2 is 2.17 bits per heavy atom. The summed E-state index contributed by atoms with van der Waals surface area (Å²) in [6.45, 7) is 7.78. The fraction of sp³-hybridized carbons (Fsp3) is 0.524. The van der Waals surface area contributed by atoms with E-state index in [0.717, 1.165) is 37.6 Å². The van der Waals surface area contributed by atoms with Crippen LogP contribution in [0.4, 0.5) is 0 Å². The van der Waals surface area contributed by atoms with E-state index in [1.165, 1.54) is 5.56 Å². The van der Waals surface area contributed by atoms with Gasteiger partial charge in [0.2, 0.25) is 0 Å². The summed E-state index contributed by atoms with van der Waals surface area (Å²) in [6, 6.07) is 3.83. The first kappa shape index (κ1) is 24.6. The van der Waals surface area contributed by atoms with Gasteiger partial charge in [0.1, 0.15) is 0 Å². The molecule has 1 atom stereocenters. The van der Waals surface area contributed by atoms with Crippen LogP contribution in [-0.4, -0.2) is 54.0 Å². The molecule has 0 amide bonds. The summed E-state index contributed by atoms with van der Waals surface area (Å²) in [4.78, 5) is 7.16. The Morgan fingerprint density at radius 3 is 2.80 bits per heavy atom. The molecule has 1 N–H and O–H groups in total. The number of likely N-dealkylation sites (tertiary alicyclic amines) is 1. The van der Waals surface area contributed by atoms with Crippen LogP contribution in [0.3, 0.4) is 0 Å². The molecule has 1 aliphatic rings. The van der Waals surface area contributed by atoms with Gasteiger partial charge in [0.25, 0.3) is 0 Å². The Balaban J connectivity index is 0.00000320. The van der Waals surface area contributed by atoms with Crippen LogP contribution in [-0.2, 0) is 13.6 Å². The molecule has 1 aromatic carbocycles. The number of nitrogens with one attached hydrogen (secondary N) is 1. The highest BCUT2D eigenvalue weighted by Gasteiger charge is 2.27. The number of halogens is 2. The van der Waals surface area contributed by atoms with Gasteiger partial charge >= 0.3 is 0 Å². The zero-order valence-electron chi connectivity index (χ0n) is 18.0. The standard InChI is InChI=1S/C21H30ClN5O2.HI/c1-5-23-21(27-8-7-16(14-27)17-12-25-26(3)13-17)24-11-15-9-18(22)20(29-6-2)19(10-15)28-4;/h9-10,12-13,16H,5-8,11,14H2,1-4H3,(H,23,24);1H. The minimum atomic E-state index is 0. The Kier molecular flexibility index (Phi) is 9.54. The third-order valence-corrected chi connectivity index (χ3v) is 5.29. The quantitative estimate of drug-likeness (QED) is 0.322. The second-order valence-electron chi connectivity index (χ2n) is 7.09. The molecule has 1 fully saturated rings. The van der Waals surface area contributed by atoms with Crippen LogP contribution in [0.15, 0.2) is 29.5 Å². The van der Waals surface area contributed by atoms with Crippen molar-refractivity contribution in [3.05, 3.63) is 40.7 Å². The Labute approximate surface area is 200 Å². The number of rotatable bonds is 7. The first-order chi connectivity index (χ1) is 14.0. The smallest absolute Gasteiger partial charge is 0.194 e. The van der Waals surface area contributed by atoms with E-state index in [-0.39, 0.29) is 24.0 Å². The summed E-state index contributed by atoms with van der Waals surface area (Å²) in [5.41, 5.74) is 2.27. The maximum Gasteiger partial charge on any atom is 0.194 e. The van der Waals surface area contributed by atoms with Crippen molar-refractivity contribution < 1.29 is 9.47 Å². The molecule has 0 saturated carbocycles. The van der Waals surface area contributed by atoms with Crippen molar-refractivity contribution >= 4 is 41.5 Å². The highest BCUT2D eigenvalue weighted by atomic mass is 127. The molecule has 0 radical (unpaired) electrons. The van der Waals surface area contributed by atoms with Gasteiger partial charge < -0.3 is 19.7 Å². The van der Waals surface area contributed by atoms with E-state index < -0.39 is 0 Å². The molecule has 166 valence electrons. The molecule has 1 aliphatic heterocycles. The Hall–Kier alpha value is -1.68. The van der Waals surface area contributed by atoms with Crippen LogP contribution in [0.25, 0.3) is 0 Å². The van der Waals surface area contributed by atoms with Gasteiger partial charge in [-0.1, -0.05) is 11.6 Å². The van der Waals surface area contributed by atoms with E-state index in [1.54, 1.807) is 7.11 Å². The number of guanidine groups is 1. The van der Waals surface area contributed by atoms with Gasteiger partial charge in [0, 0.05) is 38.8 Å². The third kappa shape index (κ3) is 5.94. The van der Waals surface area contributed by atoms with Gasteiger partial charge in [-0.25, -0.2) is 4.99 Å². The van der Waals surface area contributed by atoms with Crippen LogP contribution >= 0.6 is 35.6 Å². The summed E-state index contributed by atoms with van der Waals surface area (Å²) in [5.74, 6) is 2.61. The molecular formula is C21H31ClIN5O2. The Morgan fingerprint density at radius 1 is 1.37 bits per heavy atom. The topological polar surface area (TPSA) is 63.9 Å². The first-order valence-electron chi connectivity index (χ1n) is 10.1. The van der Waals surface area contributed by atoms with E-state index in [9.17, 15) is 0 Å². The van der Waals surface area contributed by atoms with Crippen molar-refractivity contribution in [2.45, 2.75) is 32.7 Å². The predicted octanol–water partition coefficient (Wildman–Crippen LogP) is 4.05. The van der Waals surface area contributed by atoms with Crippen LogP contribution in [0, 0.1) is 0 Å². The van der Waals surface area contributed by atoms with Gasteiger partial charge in [-0.15, -0.1) is 24.0 Å². The summed E-state index contributed by atoms with van der Waals surface area (Å²) in [7, 11) is 3.58. The Bertz CT molecular complexity index is 858. The number of ether oxygens (including phenoxy) is 2. The van der Waals surface area contributed by atoms with Crippen LogP contribution in [0.2, 0.25) is 5.02 Å². The predicted molar refractivity (Wildman–Crippen MR) is 132 cm³/mol. The van der Waals surface area contributed by atoms with Gasteiger partial charge in [-0.05, 0) is 43.5 Å². The number of methoxy groups -OCH3 is 1. The van der Waals surface area contributed by atoms with Crippen molar-refractivity contribution in [3.63, 3.8) is 0 Å². The SMILES string of the molecule is CCNC(=NCc1cc(Cl)c(OCC)c(OC)c1)N1CCC(c2cnn(C)c2)C1.I. The van der Waals surface area contributed by atoms with Gasteiger partial charge in [0.15, 0.2) is 17.5 Å². The van der Waals surface area contributed by atoms with Gasteiger partial charge in [0.05, 0.1) is 31.5 Å². The fourth-order valence-electron chi connectivity index (χ4n) is 3.62. The second-order valence-corrected chi connectivity index (χ2v) is 7.50. The van der Waals surface area contributed by atoms with Crippen molar-refractivity contribution in [1.82, 2.24) is 20.0 Å². The van der Waals surface area contributed by atoms with E-state index in [4.69, 9.17) is 26.1 Å². The molecule has 9 heteroatoms. The lowest BCUT2D eigenvalue weighted by Crippen LogP contribution is -2.40. The lowest BCUT2D eigenvalue weighted by Gasteiger charge is -2.21. The molecule has 30 heavy (non-hydrogen) atoms. The molecule has 1 aromatic heterocycles. The lowest BCUT2D eigenvalue weighted by atomic mass is 10.0. The number of hydrogen-bond acceptors (Lipinski definition) is 4. The third-order valence-electron chi connectivity index (χ3n) is 5.01. The molecule has 1 unspecified atom stereocenters. The van der Waals surface area contributed by atoms with Crippen LogP contribution in [0.5, 0.6) is 11.5 Å². The zero-order chi connectivity index (χ0) is 20.8. The summed E-state index contributed by atoms with van der Waals surface area (Å²) >= 11 is 6.40. The second kappa shape index (κ2) is 11.6. The summed E-state index contributed by atoms with van der Waals surface area (Å²) in [6.07, 6.45) is 5.16. The van der Waals surface area contributed by atoms with E-state index in [2.05, 4.69) is 28.4 Å².